The third-order valence-corrected chi connectivity index (χ3v) is 0.911. The predicted molar refractivity (Wildman–Crippen MR) is 37.8 cm³/mol. The highest BCUT2D eigenvalue weighted by atomic mass is 16.5. The van der Waals surface area contributed by atoms with Gasteiger partial charge in [0.15, 0.2) is 0 Å². The fourth-order valence-corrected chi connectivity index (χ4v) is 0.590. The van der Waals surface area contributed by atoms with Crippen LogP contribution in [0.4, 0.5) is 0 Å². The smallest absolute Gasteiger partial charge is 0.216 e. The summed E-state index contributed by atoms with van der Waals surface area (Å²) in [4.78, 5) is 7.65. The van der Waals surface area contributed by atoms with Gasteiger partial charge >= 0.3 is 0 Å². The van der Waals surface area contributed by atoms with Crippen molar-refractivity contribution in [1.29, 1.82) is 0 Å². The molecule has 0 unspecified atom stereocenters. The molecule has 0 bridgehead atoms. The van der Waals surface area contributed by atoms with Crippen LogP contribution >= 0.6 is 0 Å². The van der Waals surface area contributed by atoms with Gasteiger partial charge in [-0.2, -0.15) is 0 Å². The van der Waals surface area contributed by atoms with Crippen molar-refractivity contribution >= 4 is 0 Å². The monoisotopic (exact) mass is 138 g/mol. The van der Waals surface area contributed by atoms with Gasteiger partial charge in [0.25, 0.3) is 0 Å². The molecule has 10 heavy (non-hydrogen) atoms. The van der Waals surface area contributed by atoms with E-state index in [1.165, 1.54) is 6.33 Å². The van der Waals surface area contributed by atoms with Crippen LogP contribution in [0.2, 0.25) is 0 Å². The summed E-state index contributed by atoms with van der Waals surface area (Å²) in [6, 6.07) is 1.74. The first-order chi connectivity index (χ1) is 4.79. The van der Waals surface area contributed by atoms with Gasteiger partial charge < -0.3 is 4.74 Å². The second-order valence-electron chi connectivity index (χ2n) is 2.21. The van der Waals surface area contributed by atoms with E-state index in [2.05, 4.69) is 9.97 Å². The molecule has 3 nitrogen and oxygen atoms in total. The highest BCUT2D eigenvalue weighted by Crippen LogP contribution is 2.03. The summed E-state index contributed by atoms with van der Waals surface area (Å²) in [6.45, 7) is 3.92. The van der Waals surface area contributed by atoms with Crippen molar-refractivity contribution in [1.82, 2.24) is 9.97 Å². The second kappa shape index (κ2) is 3.15. The first-order valence-electron chi connectivity index (χ1n) is 3.21. The van der Waals surface area contributed by atoms with Gasteiger partial charge in [0.2, 0.25) is 5.88 Å². The molecule has 0 aliphatic carbocycles. The summed E-state index contributed by atoms with van der Waals surface area (Å²) in [6.07, 6.45) is 3.30. The van der Waals surface area contributed by atoms with Gasteiger partial charge in [-0.05, 0) is 13.8 Å². The molecule has 0 aliphatic rings. The number of hydrogen-bond acceptors (Lipinski definition) is 3. The third-order valence-electron chi connectivity index (χ3n) is 0.911. The van der Waals surface area contributed by atoms with Crippen molar-refractivity contribution in [2.75, 3.05) is 0 Å². The maximum Gasteiger partial charge on any atom is 0.216 e. The van der Waals surface area contributed by atoms with Gasteiger partial charge in [-0.25, -0.2) is 9.97 Å². The molecule has 0 aromatic carbocycles. The van der Waals surface area contributed by atoms with Crippen LogP contribution in [-0.4, -0.2) is 16.1 Å². The van der Waals surface area contributed by atoms with Crippen LogP contribution in [-0.2, 0) is 0 Å². The lowest BCUT2D eigenvalue weighted by Gasteiger charge is -2.06. The molecule has 0 fully saturated rings. The fourth-order valence-electron chi connectivity index (χ4n) is 0.590. The van der Waals surface area contributed by atoms with E-state index in [1.807, 2.05) is 13.8 Å². The van der Waals surface area contributed by atoms with E-state index < -0.39 is 0 Å². The van der Waals surface area contributed by atoms with E-state index >= 15 is 0 Å². The van der Waals surface area contributed by atoms with Gasteiger partial charge in [-0.15, -0.1) is 0 Å². The molecule has 0 saturated carbocycles. The number of nitrogens with zero attached hydrogens (tertiary/aromatic N) is 2. The van der Waals surface area contributed by atoms with E-state index in [1.54, 1.807) is 12.3 Å². The molecule has 0 radical (unpaired) electrons. The highest BCUT2D eigenvalue weighted by Gasteiger charge is 1.94. The lowest BCUT2D eigenvalue weighted by molar-refractivity contribution is 0.232. The van der Waals surface area contributed by atoms with Crippen molar-refractivity contribution in [3.8, 4) is 5.88 Å². The third kappa shape index (κ3) is 2.01. The molecule has 1 rings (SSSR count). The van der Waals surface area contributed by atoms with E-state index in [9.17, 15) is 0 Å². The summed E-state index contributed by atoms with van der Waals surface area (Å²) in [5.74, 6) is 0.630. The van der Waals surface area contributed by atoms with Gasteiger partial charge in [-0.1, -0.05) is 0 Å². The Morgan fingerprint density at radius 2 is 2.30 bits per heavy atom. The summed E-state index contributed by atoms with van der Waals surface area (Å²) >= 11 is 0. The summed E-state index contributed by atoms with van der Waals surface area (Å²) in [5.41, 5.74) is 0. The Balaban J connectivity index is 2.59. The Hall–Kier alpha value is -1.12. The van der Waals surface area contributed by atoms with E-state index in [-0.39, 0.29) is 6.10 Å². The number of rotatable bonds is 2. The normalized spacial score (nSPS) is 9.90. The molecule has 0 N–H and O–H groups in total. The van der Waals surface area contributed by atoms with E-state index in [0.29, 0.717) is 5.88 Å². The average Bonchev–Trinajstić information content (AvgIpc) is 1.88. The zero-order chi connectivity index (χ0) is 7.40. The van der Waals surface area contributed by atoms with Crippen LogP contribution in [0.1, 0.15) is 13.8 Å². The van der Waals surface area contributed by atoms with Crippen LogP contribution < -0.4 is 4.74 Å². The Labute approximate surface area is 60.1 Å². The lowest BCUT2D eigenvalue weighted by Crippen LogP contribution is -2.06. The molecule has 0 saturated heterocycles. The van der Waals surface area contributed by atoms with Crippen LogP contribution in [0.15, 0.2) is 18.6 Å². The Bertz CT molecular complexity index is 186. The van der Waals surface area contributed by atoms with Crippen molar-refractivity contribution in [3.63, 3.8) is 0 Å². The Kier molecular flexibility index (Phi) is 2.20. The first kappa shape index (κ1) is 6.99. The fraction of sp³-hybridized carbons (Fsp3) is 0.429. The SMILES string of the molecule is CC(C)Oc1ccncn1. The zero-order valence-corrected chi connectivity index (χ0v) is 6.11. The highest BCUT2D eigenvalue weighted by molar-refractivity contribution is 5.04. The van der Waals surface area contributed by atoms with E-state index in [4.69, 9.17) is 4.74 Å². The molecule has 1 heterocycles. The van der Waals surface area contributed by atoms with Gasteiger partial charge in [-0.3, -0.25) is 0 Å². The number of aromatic nitrogens is 2. The van der Waals surface area contributed by atoms with Crippen molar-refractivity contribution in [3.05, 3.63) is 18.6 Å². The number of ether oxygens (including phenoxy) is 1. The van der Waals surface area contributed by atoms with Crippen molar-refractivity contribution < 1.29 is 4.74 Å². The minimum absolute atomic E-state index is 0.176. The number of hydrogen-bond donors (Lipinski definition) is 0. The molecule has 3 heteroatoms. The first-order valence-corrected chi connectivity index (χ1v) is 3.21. The van der Waals surface area contributed by atoms with Crippen LogP contribution in [0.5, 0.6) is 5.88 Å². The standard InChI is InChI=1S/C7H10N2O/c1-6(2)10-7-3-4-8-5-9-7/h3-6H,1-2H3. The quantitative estimate of drug-likeness (QED) is 0.617. The van der Waals surface area contributed by atoms with Crippen molar-refractivity contribution in [2.24, 2.45) is 0 Å². The second-order valence-corrected chi connectivity index (χ2v) is 2.21. The molecule has 0 spiro atoms. The zero-order valence-electron chi connectivity index (χ0n) is 6.11. The van der Waals surface area contributed by atoms with Gasteiger partial charge in [0.1, 0.15) is 6.33 Å². The maximum absolute atomic E-state index is 5.26. The summed E-state index contributed by atoms with van der Waals surface area (Å²) < 4.78 is 5.26. The average molecular weight is 138 g/mol. The molecule has 1 aromatic rings. The van der Waals surface area contributed by atoms with Crippen LogP contribution in [0, 0.1) is 0 Å². The largest absolute Gasteiger partial charge is 0.475 e. The molecule has 0 amide bonds. The summed E-state index contributed by atoms with van der Waals surface area (Å²) in [5, 5.41) is 0. The Morgan fingerprint density at radius 1 is 1.50 bits per heavy atom. The Morgan fingerprint density at radius 3 is 2.80 bits per heavy atom. The van der Waals surface area contributed by atoms with Gasteiger partial charge in [0, 0.05) is 12.3 Å². The summed E-state index contributed by atoms with van der Waals surface area (Å²) in [7, 11) is 0. The minimum Gasteiger partial charge on any atom is -0.475 e. The van der Waals surface area contributed by atoms with Gasteiger partial charge in [0.05, 0.1) is 6.10 Å². The minimum atomic E-state index is 0.176. The lowest BCUT2D eigenvalue weighted by atomic mass is 10.5. The molecule has 1 aromatic heterocycles. The molecular weight excluding hydrogens is 128 g/mol. The topological polar surface area (TPSA) is 35.0 Å². The molecule has 0 aliphatic heterocycles. The maximum atomic E-state index is 5.26. The molecule has 0 atom stereocenters. The van der Waals surface area contributed by atoms with E-state index in [0.717, 1.165) is 0 Å². The van der Waals surface area contributed by atoms with Crippen LogP contribution in [0.3, 0.4) is 0 Å². The van der Waals surface area contributed by atoms with Crippen LogP contribution in [0.25, 0.3) is 0 Å². The molecular formula is C7H10N2O. The predicted octanol–water partition coefficient (Wildman–Crippen LogP) is 1.26. The van der Waals surface area contributed by atoms with Crippen molar-refractivity contribution in [2.45, 2.75) is 20.0 Å². The molecule has 54 valence electrons.